The van der Waals surface area contributed by atoms with E-state index in [4.69, 9.17) is 0 Å². The Labute approximate surface area is 175 Å². The first-order chi connectivity index (χ1) is 13.7. The molecule has 1 unspecified atom stereocenters. The van der Waals surface area contributed by atoms with Gasteiger partial charge in [0.1, 0.15) is 11.0 Å². The van der Waals surface area contributed by atoms with Gasteiger partial charge in [0.15, 0.2) is 0 Å². The number of carbonyl (C=O) groups is 1. The fraction of sp³-hybridized carbons (Fsp3) is 0.409. The van der Waals surface area contributed by atoms with Crippen LogP contribution < -0.4 is 5.32 Å². The molecule has 7 heteroatoms. The molecule has 2 N–H and O–H groups in total. The molecular formula is C22H30N4O2S. The lowest BCUT2D eigenvalue weighted by atomic mass is 10.0. The number of fused-ring (bicyclic) bond motifs is 1. The predicted octanol–water partition coefficient (Wildman–Crippen LogP) is 3.20. The van der Waals surface area contributed by atoms with Gasteiger partial charge < -0.3 is 15.2 Å². The molecule has 29 heavy (non-hydrogen) atoms. The normalized spacial score (nSPS) is 16.0. The molecule has 0 saturated heterocycles. The van der Waals surface area contributed by atoms with Crippen molar-refractivity contribution < 1.29 is 9.00 Å². The van der Waals surface area contributed by atoms with E-state index < -0.39 is 11.0 Å². The van der Waals surface area contributed by atoms with Gasteiger partial charge in [0, 0.05) is 22.6 Å². The number of aromatic amines is 1. The third-order valence-corrected chi connectivity index (χ3v) is 6.58. The number of nitrogens with zero attached hydrogens (tertiary/aromatic N) is 2. The average Bonchev–Trinajstić information content (AvgIpc) is 3.11. The monoisotopic (exact) mass is 414 g/mol. The van der Waals surface area contributed by atoms with Crippen molar-refractivity contribution in [3.63, 3.8) is 0 Å². The van der Waals surface area contributed by atoms with Crippen LogP contribution in [0.3, 0.4) is 0 Å². The predicted molar refractivity (Wildman–Crippen MR) is 120 cm³/mol. The maximum absolute atomic E-state index is 12.6. The van der Waals surface area contributed by atoms with Gasteiger partial charge in [-0.3, -0.25) is 4.79 Å². The van der Waals surface area contributed by atoms with E-state index in [1.807, 2.05) is 18.2 Å². The number of anilines is 1. The van der Waals surface area contributed by atoms with E-state index in [0.29, 0.717) is 10.5 Å². The summed E-state index contributed by atoms with van der Waals surface area (Å²) in [4.78, 5) is 18.9. The van der Waals surface area contributed by atoms with Gasteiger partial charge in [-0.05, 0) is 96.8 Å². The van der Waals surface area contributed by atoms with Gasteiger partial charge >= 0.3 is 0 Å². The highest BCUT2D eigenvalue weighted by Crippen LogP contribution is 2.35. The van der Waals surface area contributed by atoms with Crippen LogP contribution in [0, 0.1) is 13.8 Å². The quantitative estimate of drug-likeness (QED) is 0.684. The largest absolute Gasteiger partial charge is 0.359 e. The molecule has 1 atom stereocenters. The molecule has 2 aromatic rings. The second-order valence-electron chi connectivity index (χ2n) is 7.96. The molecule has 0 saturated carbocycles. The highest BCUT2D eigenvalue weighted by atomic mass is 32.2. The average molecular weight is 415 g/mol. The Balaban J connectivity index is 1.95. The summed E-state index contributed by atoms with van der Waals surface area (Å²) in [5.74, 6) is -0.131. The number of carbonyl (C=O) groups excluding carboxylic acids is 1. The highest BCUT2D eigenvalue weighted by molar-refractivity contribution is 7.82. The lowest BCUT2D eigenvalue weighted by Gasteiger charge is -2.10. The van der Waals surface area contributed by atoms with Crippen molar-refractivity contribution in [1.29, 1.82) is 0 Å². The first kappa shape index (κ1) is 21.5. The van der Waals surface area contributed by atoms with Crippen LogP contribution in [0.2, 0.25) is 0 Å². The number of aryl methyl sites for hydroxylation is 1. The molecule has 0 bridgehead atoms. The van der Waals surface area contributed by atoms with Crippen molar-refractivity contribution >= 4 is 34.2 Å². The molecule has 6 nitrogen and oxygen atoms in total. The van der Waals surface area contributed by atoms with E-state index in [-0.39, 0.29) is 5.91 Å². The van der Waals surface area contributed by atoms with E-state index in [9.17, 15) is 9.00 Å². The third kappa shape index (κ3) is 4.52. The molecule has 0 aliphatic carbocycles. The number of H-pyrrole nitrogens is 1. The van der Waals surface area contributed by atoms with Gasteiger partial charge in [-0.15, -0.1) is 0 Å². The number of nitrogens with one attached hydrogen (secondary N) is 2. The Kier molecular flexibility index (Phi) is 6.41. The molecule has 2 heterocycles. The van der Waals surface area contributed by atoms with Crippen LogP contribution in [0.5, 0.6) is 0 Å². The maximum atomic E-state index is 12.6. The summed E-state index contributed by atoms with van der Waals surface area (Å²) in [7, 11) is 6.45. The van der Waals surface area contributed by atoms with Gasteiger partial charge in [-0.1, -0.05) is 0 Å². The number of hydrogen-bond acceptors (Lipinski definition) is 3. The minimum atomic E-state index is -1.26. The van der Waals surface area contributed by atoms with E-state index in [1.165, 1.54) is 11.1 Å². The number of rotatable bonds is 7. The fourth-order valence-corrected chi connectivity index (χ4v) is 4.51. The van der Waals surface area contributed by atoms with Crippen molar-refractivity contribution in [3.05, 3.63) is 46.3 Å². The molecule has 156 valence electrons. The Morgan fingerprint density at radius 2 is 1.86 bits per heavy atom. The Morgan fingerprint density at radius 3 is 2.52 bits per heavy atom. The molecule has 1 aromatic carbocycles. The van der Waals surface area contributed by atoms with Crippen LogP contribution in [0.15, 0.2) is 23.1 Å². The zero-order valence-corrected chi connectivity index (χ0v) is 18.9. The van der Waals surface area contributed by atoms with Crippen molar-refractivity contribution in [2.45, 2.75) is 31.6 Å². The third-order valence-electron chi connectivity index (χ3n) is 5.26. The zero-order valence-electron chi connectivity index (χ0n) is 18.0. The molecule has 1 aliphatic rings. The standard InChI is InChI=1S/C22H30N4O2S/c1-14-17(8-7-11-25(3)4)15(2)23-21(14)13-19-18-12-16(29(28)26(5)6)9-10-20(18)24-22(19)27/h9-10,12-13,23H,7-8,11H2,1-6H3,(H,24,27)/b19-13-. The number of benzene rings is 1. The van der Waals surface area contributed by atoms with E-state index in [2.05, 4.69) is 43.1 Å². The SMILES string of the molecule is Cc1[nH]c(/C=C2\C(=O)Nc3ccc(S(=O)N(C)C)cc32)c(C)c1CCCN(C)C. The summed E-state index contributed by atoms with van der Waals surface area (Å²) in [6, 6.07) is 5.47. The lowest BCUT2D eigenvalue weighted by Crippen LogP contribution is -2.15. The molecule has 1 amide bonds. The summed E-state index contributed by atoms with van der Waals surface area (Å²) in [5.41, 5.74) is 6.76. The second kappa shape index (κ2) is 8.65. The van der Waals surface area contributed by atoms with Crippen molar-refractivity contribution in [3.8, 4) is 0 Å². The van der Waals surface area contributed by atoms with E-state index >= 15 is 0 Å². The van der Waals surface area contributed by atoms with Crippen molar-refractivity contribution in [2.24, 2.45) is 0 Å². The van der Waals surface area contributed by atoms with Crippen LogP contribution in [0.4, 0.5) is 5.69 Å². The Bertz CT molecular complexity index is 989. The van der Waals surface area contributed by atoms with Gasteiger partial charge in [-0.25, -0.2) is 8.51 Å². The van der Waals surface area contributed by atoms with Crippen LogP contribution >= 0.6 is 0 Å². The summed E-state index contributed by atoms with van der Waals surface area (Å²) < 4.78 is 14.1. The molecule has 1 aromatic heterocycles. The summed E-state index contributed by atoms with van der Waals surface area (Å²) in [5, 5.41) is 2.91. The van der Waals surface area contributed by atoms with Crippen LogP contribution in [-0.2, 0) is 22.2 Å². The Hall–Kier alpha value is -2.22. The van der Waals surface area contributed by atoms with Crippen molar-refractivity contribution in [2.75, 3.05) is 40.1 Å². The van der Waals surface area contributed by atoms with Crippen molar-refractivity contribution in [1.82, 2.24) is 14.2 Å². The zero-order chi connectivity index (χ0) is 21.3. The van der Waals surface area contributed by atoms with Crippen LogP contribution in [0.25, 0.3) is 11.6 Å². The number of hydrogen-bond donors (Lipinski definition) is 2. The molecule has 3 rings (SSSR count). The summed E-state index contributed by atoms with van der Waals surface area (Å²) in [6.45, 7) is 5.23. The molecule has 0 fully saturated rings. The second-order valence-corrected chi connectivity index (χ2v) is 9.66. The first-order valence-electron chi connectivity index (χ1n) is 9.78. The summed E-state index contributed by atoms with van der Waals surface area (Å²) >= 11 is 0. The minimum absolute atomic E-state index is 0.131. The molecule has 0 spiro atoms. The maximum Gasteiger partial charge on any atom is 0.256 e. The first-order valence-corrected chi connectivity index (χ1v) is 10.9. The Morgan fingerprint density at radius 1 is 1.14 bits per heavy atom. The molecular weight excluding hydrogens is 384 g/mol. The van der Waals surface area contributed by atoms with Gasteiger partial charge in [0.05, 0.1) is 10.5 Å². The number of aromatic nitrogens is 1. The lowest BCUT2D eigenvalue weighted by molar-refractivity contribution is -0.110. The van der Waals surface area contributed by atoms with Gasteiger partial charge in [-0.2, -0.15) is 0 Å². The molecule has 0 radical (unpaired) electrons. The number of amides is 1. The van der Waals surface area contributed by atoms with Gasteiger partial charge in [0.2, 0.25) is 0 Å². The smallest absolute Gasteiger partial charge is 0.256 e. The van der Waals surface area contributed by atoms with E-state index in [0.717, 1.165) is 42.0 Å². The van der Waals surface area contributed by atoms with Crippen LogP contribution in [0.1, 0.15) is 34.5 Å². The van der Waals surface area contributed by atoms with Crippen LogP contribution in [-0.4, -0.2) is 59.0 Å². The minimum Gasteiger partial charge on any atom is -0.359 e. The topological polar surface area (TPSA) is 68.4 Å². The molecule has 1 aliphatic heterocycles. The highest BCUT2D eigenvalue weighted by Gasteiger charge is 2.26. The van der Waals surface area contributed by atoms with E-state index in [1.54, 1.807) is 24.5 Å². The summed E-state index contributed by atoms with van der Waals surface area (Å²) in [6.07, 6.45) is 4.01. The van der Waals surface area contributed by atoms with Gasteiger partial charge in [0.25, 0.3) is 5.91 Å². The fourth-order valence-electron chi connectivity index (χ4n) is 3.68.